The summed E-state index contributed by atoms with van der Waals surface area (Å²) in [5.74, 6) is -3.00. The molecule has 6 rings (SSSR count). The number of β-lactam (4-membered cyclic amide) rings is 1. The monoisotopic (exact) mass is 783 g/mol. The van der Waals surface area contributed by atoms with E-state index in [1.54, 1.807) is 20.8 Å². The summed E-state index contributed by atoms with van der Waals surface area (Å²) < 4.78 is 45.3. The van der Waals surface area contributed by atoms with Gasteiger partial charge in [-0.2, -0.15) is 8.42 Å². The molecule has 3 fully saturated rings. The first-order valence-electron chi connectivity index (χ1n) is 16.7. The van der Waals surface area contributed by atoms with Crippen molar-refractivity contribution >= 4 is 62.4 Å². The minimum absolute atomic E-state index is 0.00375. The van der Waals surface area contributed by atoms with Gasteiger partial charge in [0.2, 0.25) is 5.60 Å². The molecule has 4 N–H and O–H groups in total. The number of urea groups is 1. The molecule has 1 aliphatic carbocycles. The lowest BCUT2D eigenvalue weighted by Crippen LogP contribution is -2.74. The van der Waals surface area contributed by atoms with Gasteiger partial charge in [0, 0.05) is 37.9 Å². The minimum atomic E-state index is -5.06. The summed E-state index contributed by atoms with van der Waals surface area (Å²) >= 11 is 0.904. The molecule has 0 spiro atoms. The van der Waals surface area contributed by atoms with E-state index in [-0.39, 0.29) is 47.6 Å². The molecule has 286 valence electrons. The van der Waals surface area contributed by atoms with Crippen LogP contribution in [0.4, 0.5) is 14.7 Å². The Morgan fingerprint density at radius 1 is 1.07 bits per heavy atom. The van der Waals surface area contributed by atoms with Gasteiger partial charge in [-0.3, -0.25) is 19.5 Å². The number of ether oxygens (including phenoxy) is 2. The van der Waals surface area contributed by atoms with Crippen molar-refractivity contribution in [2.75, 3.05) is 25.0 Å². The highest BCUT2D eigenvalue weighted by Crippen LogP contribution is 2.43. The summed E-state index contributed by atoms with van der Waals surface area (Å²) in [6.07, 6.45) is -1.24. The van der Waals surface area contributed by atoms with Gasteiger partial charge in [-0.1, -0.05) is 65.8 Å². The second-order valence-electron chi connectivity index (χ2n) is 13.6. The maximum Gasteiger partial charge on any atom is 0.413 e. The molecule has 3 heterocycles. The average Bonchev–Trinajstić information content (AvgIpc) is 3.59. The molecule has 2 aromatic carbocycles. The topological polar surface area (TPSA) is 235 Å². The number of nitrogens with one attached hydrogen (secondary N) is 3. The van der Waals surface area contributed by atoms with Crippen molar-refractivity contribution in [3.05, 3.63) is 82.9 Å². The first kappa shape index (κ1) is 38.1. The van der Waals surface area contributed by atoms with Crippen molar-refractivity contribution in [3.63, 3.8) is 0 Å². The molecule has 2 saturated heterocycles. The Kier molecular flexibility index (Phi) is 10.6. The molecule has 3 aromatic rings. The van der Waals surface area contributed by atoms with Gasteiger partial charge in [0.05, 0.1) is 6.04 Å². The largest absolute Gasteiger partial charge is 0.450 e. The zero-order valence-electron chi connectivity index (χ0n) is 29.3. The van der Waals surface area contributed by atoms with Crippen LogP contribution in [-0.4, -0.2) is 106 Å². The van der Waals surface area contributed by atoms with E-state index in [1.165, 1.54) is 10.3 Å². The van der Waals surface area contributed by atoms with Crippen LogP contribution in [-0.2, 0) is 39.0 Å². The Morgan fingerprint density at radius 3 is 2.24 bits per heavy atom. The standard InChI is InChI=1S/C34H37N7O11S2/c1-33(2,3)51-32(46)38-30-36-22(19-53-30)24(27(42)37-25-23(18-40-17-16-35-31(40)45)41(28(25)43)54(47,48)49)39-52-34(14-15-34)29(44)50-26(20-10-6-4-7-11-20)21-12-8-5-9-13-21/h4-13,19,23,25-26H,14-18H2,1-3H3,(H,35,45)(H,37,42)(H,36,38,46)(H,47,48,49)/b39-24+/t23-,25+/m1/s1. The highest BCUT2D eigenvalue weighted by atomic mass is 32.2. The lowest BCUT2D eigenvalue weighted by atomic mass is 9.97. The van der Waals surface area contributed by atoms with Gasteiger partial charge < -0.3 is 29.8 Å². The van der Waals surface area contributed by atoms with E-state index < -0.39 is 75.3 Å². The molecule has 20 heteroatoms. The fourth-order valence-corrected chi connectivity index (χ4v) is 7.23. The van der Waals surface area contributed by atoms with Crippen molar-refractivity contribution < 1.29 is 51.3 Å². The maximum absolute atomic E-state index is 13.9. The molecule has 18 nitrogen and oxygen atoms in total. The van der Waals surface area contributed by atoms with Crippen molar-refractivity contribution in [2.45, 2.75) is 63.0 Å². The van der Waals surface area contributed by atoms with Crippen molar-refractivity contribution in [1.82, 2.24) is 24.8 Å². The fraction of sp³-hybridized carbons (Fsp3) is 0.382. The third-order valence-corrected chi connectivity index (χ3v) is 10.1. The Bertz CT molecular complexity index is 2030. The second-order valence-corrected chi connectivity index (χ2v) is 15.8. The molecule has 0 unspecified atom stereocenters. The summed E-state index contributed by atoms with van der Waals surface area (Å²) in [6, 6.07) is 14.7. The maximum atomic E-state index is 13.9. The van der Waals surface area contributed by atoms with Gasteiger partial charge in [0.25, 0.3) is 11.8 Å². The number of aromatic nitrogens is 1. The number of rotatable bonds is 13. The zero-order valence-corrected chi connectivity index (χ0v) is 30.9. The number of carbonyl (C=O) groups excluding carboxylic acids is 5. The predicted octanol–water partition coefficient (Wildman–Crippen LogP) is 2.60. The third-order valence-electron chi connectivity index (χ3n) is 8.44. The number of benzene rings is 2. The van der Waals surface area contributed by atoms with Crippen LogP contribution < -0.4 is 16.0 Å². The van der Waals surface area contributed by atoms with Gasteiger partial charge in [0.15, 0.2) is 16.9 Å². The predicted molar refractivity (Wildman–Crippen MR) is 191 cm³/mol. The molecule has 1 aromatic heterocycles. The fourth-order valence-electron chi connectivity index (χ4n) is 5.67. The van der Waals surface area contributed by atoms with E-state index in [2.05, 4.69) is 26.1 Å². The summed E-state index contributed by atoms with van der Waals surface area (Å²) in [7, 11) is -5.06. The summed E-state index contributed by atoms with van der Waals surface area (Å²) in [5, 5.41) is 12.8. The Balaban J connectivity index is 1.26. The quantitative estimate of drug-likeness (QED) is 0.0644. The molecule has 3 aliphatic rings. The lowest BCUT2D eigenvalue weighted by molar-refractivity contribution is -0.164. The molecule has 54 heavy (non-hydrogen) atoms. The zero-order chi connectivity index (χ0) is 38.8. The molecule has 2 atom stereocenters. The number of nitrogens with zero attached hydrogens (tertiary/aromatic N) is 4. The summed E-state index contributed by atoms with van der Waals surface area (Å²) in [6.45, 7) is 5.11. The van der Waals surface area contributed by atoms with Gasteiger partial charge >= 0.3 is 28.4 Å². The number of amides is 5. The summed E-state index contributed by atoms with van der Waals surface area (Å²) in [4.78, 5) is 76.5. The Labute approximate surface area is 313 Å². The molecule has 0 radical (unpaired) electrons. The number of esters is 1. The molecule has 2 aliphatic heterocycles. The van der Waals surface area contributed by atoms with E-state index >= 15 is 0 Å². The number of oxime groups is 1. The van der Waals surface area contributed by atoms with Crippen molar-refractivity contribution in [2.24, 2.45) is 5.16 Å². The SMILES string of the molecule is CC(C)(C)OC(=O)Nc1nc(/C(=N\OC2(C(=O)OC(c3ccccc3)c3ccccc3)CC2)C(=O)N[C@@H]2C(=O)N(S(=O)(=O)O)[C@@H]2CN2CCNC2=O)cs1. The van der Waals surface area contributed by atoms with Crippen LogP contribution in [0.1, 0.15) is 56.5 Å². The van der Waals surface area contributed by atoms with Gasteiger partial charge in [-0.05, 0) is 31.9 Å². The van der Waals surface area contributed by atoms with Crippen LogP contribution >= 0.6 is 11.3 Å². The normalized spacial score (nSPS) is 19.5. The second kappa shape index (κ2) is 15.0. The van der Waals surface area contributed by atoms with Gasteiger partial charge in [-0.15, -0.1) is 11.3 Å². The molecule has 1 saturated carbocycles. The number of hydrogen-bond acceptors (Lipinski definition) is 13. The van der Waals surface area contributed by atoms with Gasteiger partial charge in [0.1, 0.15) is 17.3 Å². The number of thiazole rings is 1. The van der Waals surface area contributed by atoms with E-state index in [0.29, 0.717) is 11.1 Å². The van der Waals surface area contributed by atoms with E-state index in [4.69, 9.17) is 14.3 Å². The number of anilines is 1. The molecule has 0 bridgehead atoms. The average molecular weight is 784 g/mol. The highest BCUT2D eigenvalue weighted by Gasteiger charge is 2.57. The van der Waals surface area contributed by atoms with Crippen molar-refractivity contribution in [3.8, 4) is 0 Å². The smallest absolute Gasteiger partial charge is 0.413 e. The lowest BCUT2D eigenvalue weighted by Gasteiger charge is -2.45. The van der Waals surface area contributed by atoms with Crippen LogP contribution in [0.5, 0.6) is 0 Å². The minimum Gasteiger partial charge on any atom is -0.450 e. The van der Waals surface area contributed by atoms with Crippen LogP contribution in [0, 0.1) is 0 Å². The Hall–Kier alpha value is -5.60. The van der Waals surface area contributed by atoms with Crippen LogP contribution in [0.3, 0.4) is 0 Å². The number of hydrogen-bond donors (Lipinski definition) is 4. The first-order chi connectivity index (χ1) is 25.5. The van der Waals surface area contributed by atoms with Crippen LogP contribution in [0.15, 0.2) is 71.2 Å². The summed E-state index contributed by atoms with van der Waals surface area (Å²) in [5.41, 5.74) is -1.69. The highest BCUT2D eigenvalue weighted by molar-refractivity contribution is 7.84. The third kappa shape index (κ3) is 8.61. The van der Waals surface area contributed by atoms with E-state index in [1.807, 2.05) is 60.7 Å². The van der Waals surface area contributed by atoms with Crippen molar-refractivity contribution in [1.29, 1.82) is 0 Å². The van der Waals surface area contributed by atoms with E-state index in [0.717, 1.165) is 11.3 Å². The molecular formula is C34H37N7O11S2. The molecule has 5 amide bonds. The number of carbonyl (C=O) groups is 5. The Morgan fingerprint density at radius 2 is 1.70 bits per heavy atom. The first-order valence-corrected chi connectivity index (χ1v) is 19.0. The van der Waals surface area contributed by atoms with E-state index in [9.17, 15) is 36.9 Å². The van der Waals surface area contributed by atoms with Crippen LogP contribution in [0.25, 0.3) is 0 Å². The van der Waals surface area contributed by atoms with Gasteiger partial charge in [-0.25, -0.2) is 23.7 Å². The molecular weight excluding hydrogens is 747 g/mol. The van der Waals surface area contributed by atoms with Crippen LogP contribution in [0.2, 0.25) is 0 Å².